The molecule has 1 aliphatic rings. The van der Waals surface area contributed by atoms with Crippen molar-refractivity contribution < 1.29 is 9.50 Å². The van der Waals surface area contributed by atoms with Gasteiger partial charge in [0.2, 0.25) is 0 Å². The number of hydrogen-bond acceptors (Lipinski definition) is 5. The first-order valence-electron chi connectivity index (χ1n) is 12.4. The van der Waals surface area contributed by atoms with Crippen LogP contribution in [0.3, 0.4) is 0 Å². The van der Waals surface area contributed by atoms with Gasteiger partial charge in [-0.15, -0.1) is 0 Å². The van der Waals surface area contributed by atoms with E-state index in [4.69, 9.17) is 5.10 Å². The second kappa shape index (κ2) is 14.2. The molecule has 0 saturated carbocycles. The Hall–Kier alpha value is -3.48. The highest BCUT2D eigenvalue weighted by molar-refractivity contribution is 6.08. The Bertz CT molecular complexity index is 1070. The minimum absolute atomic E-state index is 0.248. The molecule has 1 aliphatic heterocycles. The molecule has 0 bridgehead atoms. The monoisotopic (exact) mass is 488 g/mol. The lowest BCUT2D eigenvalue weighted by Gasteiger charge is -2.39. The quantitative estimate of drug-likeness (QED) is 0.255. The van der Waals surface area contributed by atoms with Gasteiger partial charge in [0.1, 0.15) is 12.0 Å². The number of rotatable bonds is 12. The van der Waals surface area contributed by atoms with Crippen molar-refractivity contribution in [3.63, 3.8) is 0 Å². The van der Waals surface area contributed by atoms with Crippen LogP contribution >= 0.6 is 0 Å². The molecule has 1 N–H and O–H groups in total. The molecular formula is C30H37FN4O. The SMILES string of the molecule is C=C/C=C\C=C/CCN(C[C@H](O)N1CCN(c2ccccc2)CC1)/N=C(\C=C)c1ccc(F)c(C)c1. The maximum atomic E-state index is 13.8. The van der Waals surface area contributed by atoms with Gasteiger partial charge in [0.15, 0.2) is 0 Å². The number of para-hydroxylation sites is 1. The molecule has 1 saturated heterocycles. The highest BCUT2D eigenvalue weighted by Gasteiger charge is 2.24. The fourth-order valence-electron chi connectivity index (χ4n) is 4.12. The van der Waals surface area contributed by atoms with Crippen LogP contribution in [0.2, 0.25) is 0 Å². The average Bonchev–Trinajstić information content (AvgIpc) is 2.91. The molecule has 2 aromatic rings. The molecule has 36 heavy (non-hydrogen) atoms. The van der Waals surface area contributed by atoms with E-state index < -0.39 is 6.23 Å². The molecule has 0 amide bonds. The van der Waals surface area contributed by atoms with Crippen molar-refractivity contribution in [2.24, 2.45) is 5.10 Å². The Kier molecular flexibility index (Phi) is 10.7. The fraction of sp³-hybridized carbons (Fsp3) is 0.300. The zero-order valence-electron chi connectivity index (χ0n) is 21.1. The second-order valence-corrected chi connectivity index (χ2v) is 8.74. The molecule has 0 aromatic heterocycles. The van der Waals surface area contributed by atoms with E-state index in [1.807, 2.05) is 41.4 Å². The standard InChI is InChI=1S/C30H37FN4O/c1-4-6-7-8-9-13-18-35(32-29(5-2)26-16-17-28(31)25(3)23-26)24-30(36)34-21-19-33(20-22-34)27-14-11-10-12-15-27/h4-12,14-17,23,30,36H,1-2,13,18-22,24H2,3H3/b7-6-,9-8-,32-29+/t30-/m0/s1. The number of nitrogens with zero attached hydrogens (tertiary/aromatic N) is 4. The Morgan fingerprint density at radius 1 is 1.08 bits per heavy atom. The van der Waals surface area contributed by atoms with Crippen molar-refractivity contribution in [1.82, 2.24) is 9.91 Å². The van der Waals surface area contributed by atoms with Crippen LogP contribution in [0.5, 0.6) is 0 Å². The first-order chi connectivity index (χ1) is 17.5. The van der Waals surface area contributed by atoms with Crippen molar-refractivity contribution >= 4 is 11.4 Å². The van der Waals surface area contributed by atoms with Crippen molar-refractivity contribution in [2.75, 3.05) is 44.2 Å². The number of benzene rings is 2. The van der Waals surface area contributed by atoms with Crippen molar-refractivity contribution in [3.05, 3.63) is 115 Å². The third kappa shape index (κ3) is 8.04. The van der Waals surface area contributed by atoms with Gasteiger partial charge in [0.05, 0.1) is 12.3 Å². The molecule has 2 aromatic carbocycles. The van der Waals surface area contributed by atoms with E-state index in [1.54, 1.807) is 31.2 Å². The molecule has 3 rings (SSSR count). The number of anilines is 1. The molecule has 0 radical (unpaired) electrons. The summed E-state index contributed by atoms with van der Waals surface area (Å²) in [5.41, 5.74) is 3.21. The predicted octanol–water partition coefficient (Wildman–Crippen LogP) is 5.16. The van der Waals surface area contributed by atoms with Crippen molar-refractivity contribution in [1.29, 1.82) is 0 Å². The number of allylic oxidation sites excluding steroid dienone is 5. The first-order valence-corrected chi connectivity index (χ1v) is 12.4. The zero-order chi connectivity index (χ0) is 25.8. The number of aliphatic hydroxyl groups excluding tert-OH is 1. The molecule has 1 atom stereocenters. The van der Waals surface area contributed by atoms with Crippen LogP contribution in [0.1, 0.15) is 17.5 Å². The van der Waals surface area contributed by atoms with Crippen LogP contribution < -0.4 is 4.90 Å². The second-order valence-electron chi connectivity index (χ2n) is 8.74. The van der Waals surface area contributed by atoms with Crippen LogP contribution in [-0.4, -0.2) is 66.2 Å². The lowest BCUT2D eigenvalue weighted by molar-refractivity contribution is -0.0231. The summed E-state index contributed by atoms with van der Waals surface area (Å²) in [4.78, 5) is 4.44. The van der Waals surface area contributed by atoms with Crippen LogP contribution in [0.15, 0.2) is 103 Å². The Morgan fingerprint density at radius 3 is 2.50 bits per heavy atom. The smallest absolute Gasteiger partial charge is 0.126 e. The van der Waals surface area contributed by atoms with Crippen LogP contribution in [0.4, 0.5) is 10.1 Å². The molecule has 0 spiro atoms. The largest absolute Gasteiger partial charge is 0.376 e. The Labute approximate surface area is 214 Å². The molecule has 190 valence electrons. The molecule has 1 heterocycles. The Balaban J connectivity index is 1.69. The molecule has 6 heteroatoms. The molecular weight excluding hydrogens is 451 g/mol. The van der Waals surface area contributed by atoms with Gasteiger partial charge < -0.3 is 10.0 Å². The van der Waals surface area contributed by atoms with E-state index in [2.05, 4.69) is 41.2 Å². The average molecular weight is 489 g/mol. The third-order valence-electron chi connectivity index (χ3n) is 6.18. The van der Waals surface area contributed by atoms with Crippen molar-refractivity contribution in [2.45, 2.75) is 19.6 Å². The van der Waals surface area contributed by atoms with Gasteiger partial charge in [-0.3, -0.25) is 9.91 Å². The van der Waals surface area contributed by atoms with Gasteiger partial charge in [0.25, 0.3) is 0 Å². The van der Waals surface area contributed by atoms with Crippen LogP contribution in [0.25, 0.3) is 0 Å². The zero-order valence-corrected chi connectivity index (χ0v) is 21.1. The van der Waals surface area contributed by atoms with E-state index in [1.165, 1.54) is 11.8 Å². The van der Waals surface area contributed by atoms with Gasteiger partial charge in [-0.25, -0.2) is 4.39 Å². The normalized spacial score (nSPS) is 16.0. The van der Waals surface area contributed by atoms with Gasteiger partial charge >= 0.3 is 0 Å². The van der Waals surface area contributed by atoms with Gasteiger partial charge in [-0.2, -0.15) is 5.10 Å². The summed E-state index contributed by atoms with van der Waals surface area (Å²) in [7, 11) is 0. The van der Waals surface area contributed by atoms with E-state index in [9.17, 15) is 9.50 Å². The van der Waals surface area contributed by atoms with Crippen LogP contribution in [0, 0.1) is 12.7 Å². The molecule has 0 unspecified atom stereocenters. The molecule has 5 nitrogen and oxygen atoms in total. The highest BCUT2D eigenvalue weighted by atomic mass is 19.1. The van der Waals surface area contributed by atoms with Gasteiger partial charge in [-0.1, -0.05) is 61.7 Å². The Morgan fingerprint density at radius 2 is 1.83 bits per heavy atom. The summed E-state index contributed by atoms with van der Waals surface area (Å²) in [6, 6.07) is 15.3. The van der Waals surface area contributed by atoms with E-state index in [0.29, 0.717) is 24.4 Å². The van der Waals surface area contributed by atoms with Crippen molar-refractivity contribution in [3.8, 4) is 0 Å². The summed E-state index contributed by atoms with van der Waals surface area (Å²) < 4.78 is 13.8. The number of hydrogen-bond donors (Lipinski definition) is 1. The first kappa shape index (κ1) is 27.1. The minimum Gasteiger partial charge on any atom is -0.376 e. The maximum absolute atomic E-state index is 13.8. The number of halogens is 1. The van der Waals surface area contributed by atoms with Crippen LogP contribution in [-0.2, 0) is 0 Å². The molecule has 1 fully saturated rings. The number of piperazine rings is 1. The lowest BCUT2D eigenvalue weighted by atomic mass is 10.1. The van der Waals surface area contributed by atoms with E-state index in [0.717, 1.165) is 38.2 Å². The number of aryl methyl sites for hydroxylation is 1. The fourth-order valence-corrected chi connectivity index (χ4v) is 4.12. The summed E-state index contributed by atoms with van der Waals surface area (Å²) in [6.45, 7) is 13.6. The summed E-state index contributed by atoms with van der Waals surface area (Å²) >= 11 is 0. The lowest BCUT2D eigenvalue weighted by Crippen LogP contribution is -2.53. The van der Waals surface area contributed by atoms with Gasteiger partial charge in [-0.05, 0) is 55.3 Å². The topological polar surface area (TPSA) is 42.3 Å². The highest BCUT2D eigenvalue weighted by Crippen LogP contribution is 2.17. The van der Waals surface area contributed by atoms with E-state index in [-0.39, 0.29) is 5.82 Å². The third-order valence-corrected chi connectivity index (χ3v) is 6.18. The maximum Gasteiger partial charge on any atom is 0.126 e. The summed E-state index contributed by atoms with van der Waals surface area (Å²) in [5.74, 6) is -0.248. The summed E-state index contributed by atoms with van der Waals surface area (Å²) in [6.07, 6.45) is 11.3. The molecule has 0 aliphatic carbocycles. The van der Waals surface area contributed by atoms with E-state index >= 15 is 0 Å². The summed E-state index contributed by atoms with van der Waals surface area (Å²) in [5, 5.41) is 17.8. The number of hydrazone groups is 1. The predicted molar refractivity (Wildman–Crippen MR) is 149 cm³/mol. The van der Waals surface area contributed by atoms with Gasteiger partial charge in [0, 0.05) is 44.0 Å². The number of aliphatic hydroxyl groups is 1. The minimum atomic E-state index is -0.655.